The fraction of sp³-hybridized carbons (Fsp3) is 0.438. The standard InChI is InChI=1S/C16H20FN3O2/c17-14-8-6-12(7-9-14)10-19-20-15(21)11-18-16(22)13-4-2-1-3-5-13/h6-10,13H,1-5,11H2,(H,18,22)(H,20,21)/b19-10+. The highest BCUT2D eigenvalue weighted by Crippen LogP contribution is 2.23. The van der Waals surface area contributed by atoms with Crippen LogP contribution in [0.2, 0.25) is 0 Å². The van der Waals surface area contributed by atoms with Gasteiger partial charge in [0.1, 0.15) is 5.82 Å². The third-order valence-electron chi connectivity index (χ3n) is 3.67. The molecule has 0 bridgehead atoms. The molecule has 0 aliphatic heterocycles. The van der Waals surface area contributed by atoms with Gasteiger partial charge in [0.25, 0.3) is 5.91 Å². The maximum atomic E-state index is 12.7. The number of carbonyl (C=O) groups excluding carboxylic acids is 2. The molecule has 1 aromatic carbocycles. The van der Waals surface area contributed by atoms with Gasteiger partial charge in [-0.15, -0.1) is 0 Å². The van der Waals surface area contributed by atoms with Crippen LogP contribution < -0.4 is 10.7 Å². The van der Waals surface area contributed by atoms with Gasteiger partial charge in [-0.05, 0) is 30.5 Å². The van der Waals surface area contributed by atoms with E-state index in [2.05, 4.69) is 15.8 Å². The summed E-state index contributed by atoms with van der Waals surface area (Å²) in [5.41, 5.74) is 3.00. The number of nitrogens with one attached hydrogen (secondary N) is 2. The minimum Gasteiger partial charge on any atom is -0.347 e. The lowest BCUT2D eigenvalue weighted by molar-refractivity contribution is -0.129. The van der Waals surface area contributed by atoms with E-state index in [1.54, 1.807) is 12.1 Å². The first-order valence-electron chi connectivity index (χ1n) is 7.50. The van der Waals surface area contributed by atoms with E-state index < -0.39 is 0 Å². The largest absolute Gasteiger partial charge is 0.347 e. The Morgan fingerprint density at radius 2 is 1.86 bits per heavy atom. The third-order valence-corrected chi connectivity index (χ3v) is 3.67. The third kappa shape index (κ3) is 5.27. The second kappa shape index (κ2) is 8.26. The van der Waals surface area contributed by atoms with Crippen molar-refractivity contribution < 1.29 is 14.0 Å². The molecule has 2 amide bonds. The smallest absolute Gasteiger partial charge is 0.259 e. The number of hydrogen-bond acceptors (Lipinski definition) is 3. The summed E-state index contributed by atoms with van der Waals surface area (Å²) < 4.78 is 12.7. The number of hydrazone groups is 1. The summed E-state index contributed by atoms with van der Waals surface area (Å²) >= 11 is 0. The van der Waals surface area contributed by atoms with Crippen LogP contribution in [-0.4, -0.2) is 24.6 Å². The van der Waals surface area contributed by atoms with Gasteiger partial charge in [-0.1, -0.05) is 31.4 Å². The highest BCUT2D eigenvalue weighted by molar-refractivity contribution is 5.87. The molecule has 0 radical (unpaired) electrons. The summed E-state index contributed by atoms with van der Waals surface area (Å²) in [6.07, 6.45) is 6.55. The zero-order valence-corrected chi connectivity index (χ0v) is 12.3. The van der Waals surface area contributed by atoms with Crippen molar-refractivity contribution in [3.8, 4) is 0 Å². The fourth-order valence-corrected chi connectivity index (χ4v) is 2.44. The summed E-state index contributed by atoms with van der Waals surface area (Å²) in [5, 5.41) is 6.40. The van der Waals surface area contributed by atoms with E-state index >= 15 is 0 Å². The molecule has 0 saturated heterocycles. The van der Waals surface area contributed by atoms with E-state index in [1.807, 2.05) is 0 Å². The van der Waals surface area contributed by atoms with Gasteiger partial charge >= 0.3 is 0 Å². The molecule has 5 nitrogen and oxygen atoms in total. The molecule has 2 rings (SSSR count). The predicted octanol–water partition coefficient (Wildman–Crippen LogP) is 1.97. The summed E-state index contributed by atoms with van der Waals surface area (Å²) in [6, 6.07) is 5.73. The van der Waals surface area contributed by atoms with Gasteiger partial charge in [0.05, 0.1) is 12.8 Å². The van der Waals surface area contributed by atoms with Gasteiger partial charge in [0, 0.05) is 5.92 Å². The second-order valence-electron chi connectivity index (χ2n) is 5.40. The van der Waals surface area contributed by atoms with Crippen molar-refractivity contribution in [1.82, 2.24) is 10.7 Å². The van der Waals surface area contributed by atoms with E-state index in [4.69, 9.17) is 0 Å². The molecule has 0 aromatic heterocycles. The number of halogens is 1. The zero-order chi connectivity index (χ0) is 15.8. The Kier molecular flexibility index (Phi) is 6.06. The van der Waals surface area contributed by atoms with Crippen molar-refractivity contribution in [2.45, 2.75) is 32.1 Å². The second-order valence-corrected chi connectivity index (χ2v) is 5.40. The predicted molar refractivity (Wildman–Crippen MR) is 81.7 cm³/mol. The number of benzene rings is 1. The molecule has 0 spiro atoms. The maximum Gasteiger partial charge on any atom is 0.259 e. The molecule has 1 aliphatic carbocycles. The monoisotopic (exact) mass is 305 g/mol. The Morgan fingerprint density at radius 3 is 2.55 bits per heavy atom. The summed E-state index contributed by atoms with van der Waals surface area (Å²) in [5.74, 6) is -0.740. The van der Waals surface area contributed by atoms with Gasteiger partial charge in [0.15, 0.2) is 0 Å². The molecular weight excluding hydrogens is 285 g/mol. The minimum absolute atomic E-state index is 0.0317. The molecule has 1 fully saturated rings. The first kappa shape index (κ1) is 16.1. The van der Waals surface area contributed by atoms with Crippen molar-refractivity contribution in [3.05, 3.63) is 35.6 Å². The summed E-state index contributed by atoms with van der Waals surface area (Å²) in [6.45, 7) is -0.0872. The van der Waals surface area contributed by atoms with E-state index in [0.717, 1.165) is 25.7 Å². The lowest BCUT2D eigenvalue weighted by Crippen LogP contribution is -2.38. The van der Waals surface area contributed by atoms with Gasteiger partial charge < -0.3 is 5.32 Å². The van der Waals surface area contributed by atoms with E-state index in [-0.39, 0.29) is 30.1 Å². The molecular formula is C16H20FN3O2. The van der Waals surface area contributed by atoms with Crippen LogP contribution in [0, 0.1) is 11.7 Å². The average molecular weight is 305 g/mol. The maximum absolute atomic E-state index is 12.7. The number of rotatable bonds is 5. The Labute approximate surface area is 129 Å². The molecule has 1 aliphatic rings. The molecule has 2 N–H and O–H groups in total. The molecule has 1 saturated carbocycles. The first-order chi connectivity index (χ1) is 10.6. The Hall–Kier alpha value is -2.24. The number of carbonyl (C=O) groups is 2. The van der Waals surface area contributed by atoms with Gasteiger partial charge in [-0.2, -0.15) is 5.10 Å². The molecule has 118 valence electrons. The molecule has 6 heteroatoms. The Morgan fingerprint density at radius 1 is 1.18 bits per heavy atom. The van der Waals surface area contributed by atoms with Crippen LogP contribution in [-0.2, 0) is 9.59 Å². The lowest BCUT2D eigenvalue weighted by Gasteiger charge is -2.20. The average Bonchev–Trinajstić information content (AvgIpc) is 2.55. The number of amides is 2. The summed E-state index contributed by atoms with van der Waals surface area (Å²) in [4.78, 5) is 23.4. The first-order valence-corrected chi connectivity index (χ1v) is 7.50. The summed E-state index contributed by atoms with van der Waals surface area (Å²) in [7, 11) is 0. The number of nitrogens with zero attached hydrogens (tertiary/aromatic N) is 1. The van der Waals surface area contributed by atoms with Crippen molar-refractivity contribution in [3.63, 3.8) is 0 Å². The van der Waals surface area contributed by atoms with Crippen molar-refractivity contribution >= 4 is 18.0 Å². The van der Waals surface area contributed by atoms with Crippen LogP contribution in [0.5, 0.6) is 0 Å². The lowest BCUT2D eigenvalue weighted by atomic mass is 9.89. The van der Waals surface area contributed by atoms with Crippen LogP contribution in [0.3, 0.4) is 0 Å². The van der Waals surface area contributed by atoms with E-state index in [1.165, 1.54) is 24.8 Å². The topological polar surface area (TPSA) is 70.6 Å². The molecule has 0 heterocycles. The zero-order valence-electron chi connectivity index (χ0n) is 12.3. The Bertz CT molecular complexity index is 537. The van der Waals surface area contributed by atoms with Crippen LogP contribution >= 0.6 is 0 Å². The van der Waals surface area contributed by atoms with Crippen molar-refractivity contribution in [2.75, 3.05) is 6.54 Å². The highest BCUT2D eigenvalue weighted by atomic mass is 19.1. The fourth-order valence-electron chi connectivity index (χ4n) is 2.44. The van der Waals surface area contributed by atoms with Crippen LogP contribution in [0.15, 0.2) is 29.4 Å². The van der Waals surface area contributed by atoms with Crippen molar-refractivity contribution in [1.29, 1.82) is 0 Å². The molecule has 0 unspecified atom stereocenters. The van der Waals surface area contributed by atoms with Gasteiger partial charge in [-0.25, -0.2) is 9.82 Å². The molecule has 0 atom stereocenters. The molecule has 22 heavy (non-hydrogen) atoms. The Balaban J connectivity index is 1.69. The normalized spacial score (nSPS) is 15.7. The van der Waals surface area contributed by atoms with Gasteiger partial charge in [-0.3, -0.25) is 9.59 Å². The van der Waals surface area contributed by atoms with E-state index in [0.29, 0.717) is 5.56 Å². The number of hydrogen-bond donors (Lipinski definition) is 2. The quantitative estimate of drug-likeness (QED) is 0.645. The van der Waals surface area contributed by atoms with Crippen molar-refractivity contribution in [2.24, 2.45) is 11.0 Å². The van der Waals surface area contributed by atoms with E-state index in [9.17, 15) is 14.0 Å². The van der Waals surface area contributed by atoms with Crippen LogP contribution in [0.1, 0.15) is 37.7 Å². The SMILES string of the molecule is O=C(CNC(=O)C1CCCCC1)N/N=C/c1ccc(F)cc1. The minimum atomic E-state index is -0.387. The molecule has 1 aromatic rings. The van der Waals surface area contributed by atoms with Crippen LogP contribution in [0.25, 0.3) is 0 Å². The highest BCUT2D eigenvalue weighted by Gasteiger charge is 2.21. The van der Waals surface area contributed by atoms with Gasteiger partial charge in [0.2, 0.25) is 5.91 Å². The van der Waals surface area contributed by atoms with Crippen LogP contribution in [0.4, 0.5) is 4.39 Å².